The molecule has 1 heterocycles. The number of rotatable bonds is 7. The second kappa shape index (κ2) is 10.8. The lowest BCUT2D eigenvalue weighted by Gasteiger charge is -2.37. The molecule has 2 fully saturated rings. The third-order valence-corrected chi connectivity index (χ3v) is 6.37. The number of benzene rings is 2. The number of urea groups is 1. The minimum Gasteiger partial charge on any atom is -0.367 e. The first-order valence-corrected chi connectivity index (χ1v) is 12.4. The van der Waals surface area contributed by atoms with Crippen LogP contribution in [0.15, 0.2) is 48.5 Å². The van der Waals surface area contributed by atoms with Gasteiger partial charge in [-0.05, 0) is 50.5 Å². The Morgan fingerprint density at radius 1 is 1.00 bits per heavy atom. The maximum atomic E-state index is 13.6. The van der Waals surface area contributed by atoms with Gasteiger partial charge < -0.3 is 25.3 Å². The molecular weight excluding hydrogens is 442 g/mol. The van der Waals surface area contributed by atoms with E-state index in [0.717, 1.165) is 24.1 Å². The molecule has 8 nitrogen and oxygen atoms in total. The number of carbonyl (C=O) groups excluding carboxylic acids is 3. The molecule has 2 N–H and O–H groups in total. The Kier molecular flexibility index (Phi) is 7.58. The molecule has 0 aromatic heterocycles. The highest BCUT2D eigenvalue weighted by Crippen LogP contribution is 2.32. The Hall–Kier alpha value is -3.55. The van der Waals surface area contributed by atoms with E-state index in [4.69, 9.17) is 0 Å². The summed E-state index contributed by atoms with van der Waals surface area (Å²) >= 11 is 0. The first-order chi connectivity index (χ1) is 16.8. The lowest BCUT2D eigenvalue weighted by Crippen LogP contribution is -2.53. The number of anilines is 2. The molecule has 4 amide bonds. The van der Waals surface area contributed by atoms with Crippen LogP contribution in [0.25, 0.3) is 0 Å². The Morgan fingerprint density at radius 2 is 1.69 bits per heavy atom. The van der Waals surface area contributed by atoms with Crippen LogP contribution < -0.4 is 15.5 Å². The second-order valence-corrected chi connectivity index (χ2v) is 9.72. The molecule has 1 saturated heterocycles. The summed E-state index contributed by atoms with van der Waals surface area (Å²) in [5.74, 6) is -0.00966. The summed E-state index contributed by atoms with van der Waals surface area (Å²) in [5, 5.41) is 5.91. The highest BCUT2D eigenvalue weighted by atomic mass is 16.2. The zero-order chi connectivity index (χ0) is 24.9. The van der Waals surface area contributed by atoms with E-state index in [2.05, 4.69) is 15.5 Å². The molecule has 1 aliphatic carbocycles. The van der Waals surface area contributed by atoms with Gasteiger partial charge in [0.05, 0.1) is 5.56 Å². The minimum absolute atomic E-state index is 0.0126. The van der Waals surface area contributed by atoms with Gasteiger partial charge in [0.2, 0.25) is 5.91 Å². The second-order valence-electron chi connectivity index (χ2n) is 9.72. The molecule has 0 atom stereocenters. The van der Waals surface area contributed by atoms with E-state index in [1.165, 1.54) is 0 Å². The van der Waals surface area contributed by atoms with Crippen LogP contribution in [0.5, 0.6) is 0 Å². The van der Waals surface area contributed by atoms with Crippen LogP contribution in [0, 0.1) is 5.92 Å². The Bertz CT molecular complexity index is 1060. The van der Waals surface area contributed by atoms with Crippen molar-refractivity contribution >= 4 is 29.2 Å². The first-order valence-electron chi connectivity index (χ1n) is 12.4. The van der Waals surface area contributed by atoms with Crippen molar-refractivity contribution in [1.29, 1.82) is 0 Å². The van der Waals surface area contributed by atoms with Crippen LogP contribution >= 0.6 is 0 Å². The molecule has 0 spiro atoms. The highest BCUT2D eigenvalue weighted by Gasteiger charge is 2.30. The maximum Gasteiger partial charge on any atom is 0.317 e. The summed E-state index contributed by atoms with van der Waals surface area (Å²) in [7, 11) is 1.79. The number of carbonyl (C=O) groups is 3. The summed E-state index contributed by atoms with van der Waals surface area (Å²) in [6.45, 7) is 6.78. The average Bonchev–Trinajstić information content (AvgIpc) is 3.70. The SMILES string of the molecule is CC(C)NC(=O)N1CCN(c2ccc(NC(=O)C3CC3)cc2C(=O)N(C)Cc2ccccc2)CC1. The van der Waals surface area contributed by atoms with E-state index in [0.29, 0.717) is 44.0 Å². The monoisotopic (exact) mass is 477 g/mol. The Balaban J connectivity index is 1.53. The van der Waals surface area contributed by atoms with Crippen LogP contribution in [0.4, 0.5) is 16.2 Å². The molecule has 8 heteroatoms. The molecule has 1 saturated carbocycles. The predicted molar refractivity (Wildman–Crippen MR) is 137 cm³/mol. The van der Waals surface area contributed by atoms with Gasteiger partial charge in [-0.3, -0.25) is 9.59 Å². The number of nitrogens with zero attached hydrogens (tertiary/aromatic N) is 3. The van der Waals surface area contributed by atoms with Crippen molar-refractivity contribution < 1.29 is 14.4 Å². The first kappa shape index (κ1) is 24.6. The summed E-state index contributed by atoms with van der Waals surface area (Å²) in [5.41, 5.74) is 3.06. The molecular formula is C27H35N5O3. The number of piperazine rings is 1. The Morgan fingerprint density at radius 3 is 2.31 bits per heavy atom. The number of amides is 4. The van der Waals surface area contributed by atoms with Crippen LogP contribution in [-0.4, -0.2) is 66.9 Å². The fourth-order valence-electron chi connectivity index (χ4n) is 4.27. The van der Waals surface area contributed by atoms with Crippen molar-refractivity contribution in [3.63, 3.8) is 0 Å². The van der Waals surface area contributed by atoms with Gasteiger partial charge >= 0.3 is 6.03 Å². The molecule has 0 unspecified atom stereocenters. The van der Waals surface area contributed by atoms with Gasteiger partial charge in [0.25, 0.3) is 5.91 Å². The molecule has 2 aromatic carbocycles. The van der Waals surface area contributed by atoms with Crippen molar-refractivity contribution in [3.05, 3.63) is 59.7 Å². The average molecular weight is 478 g/mol. The summed E-state index contributed by atoms with van der Waals surface area (Å²) in [6.07, 6.45) is 1.84. The van der Waals surface area contributed by atoms with Gasteiger partial charge in [-0.1, -0.05) is 30.3 Å². The summed E-state index contributed by atoms with van der Waals surface area (Å²) < 4.78 is 0. The van der Waals surface area contributed by atoms with E-state index < -0.39 is 0 Å². The number of hydrogen-bond donors (Lipinski definition) is 2. The van der Waals surface area contributed by atoms with E-state index in [1.807, 2.05) is 61.2 Å². The van der Waals surface area contributed by atoms with Crippen molar-refractivity contribution in [2.45, 2.75) is 39.3 Å². The van der Waals surface area contributed by atoms with Crippen molar-refractivity contribution in [1.82, 2.24) is 15.1 Å². The third kappa shape index (κ3) is 6.32. The van der Waals surface area contributed by atoms with E-state index in [1.54, 1.807) is 18.0 Å². The van der Waals surface area contributed by atoms with E-state index in [-0.39, 0.29) is 29.8 Å². The van der Waals surface area contributed by atoms with Crippen molar-refractivity contribution in [3.8, 4) is 0 Å². The maximum absolute atomic E-state index is 13.6. The quantitative estimate of drug-likeness (QED) is 0.639. The lowest BCUT2D eigenvalue weighted by atomic mass is 10.1. The summed E-state index contributed by atoms with van der Waals surface area (Å²) in [4.78, 5) is 44.0. The molecule has 2 aromatic rings. The smallest absolute Gasteiger partial charge is 0.317 e. The van der Waals surface area contributed by atoms with Crippen molar-refractivity contribution in [2.24, 2.45) is 5.92 Å². The standard InChI is InChI=1S/C27H35N5O3/c1-19(2)28-27(35)32-15-13-31(14-16-32)24-12-11-22(29-25(33)21-9-10-21)17-23(24)26(34)30(3)18-20-7-5-4-6-8-20/h4-8,11-12,17,19,21H,9-10,13-16,18H2,1-3H3,(H,28,35)(H,29,33). The van der Waals surface area contributed by atoms with Gasteiger partial charge in [-0.25, -0.2) is 4.79 Å². The van der Waals surface area contributed by atoms with E-state index in [9.17, 15) is 14.4 Å². The molecule has 0 bridgehead atoms. The van der Waals surface area contributed by atoms with Gasteiger partial charge in [0.1, 0.15) is 0 Å². The summed E-state index contributed by atoms with van der Waals surface area (Å²) in [6, 6.07) is 15.5. The fraction of sp³-hybridized carbons (Fsp3) is 0.444. The van der Waals surface area contributed by atoms with Gasteiger partial charge in [-0.2, -0.15) is 0 Å². The predicted octanol–water partition coefficient (Wildman–Crippen LogP) is 3.55. The molecule has 0 radical (unpaired) electrons. The van der Waals surface area contributed by atoms with Gasteiger partial charge in [-0.15, -0.1) is 0 Å². The van der Waals surface area contributed by atoms with Gasteiger partial charge in [0.15, 0.2) is 0 Å². The number of nitrogens with one attached hydrogen (secondary N) is 2. The fourth-order valence-corrected chi connectivity index (χ4v) is 4.27. The molecule has 186 valence electrons. The molecule has 2 aliphatic rings. The largest absolute Gasteiger partial charge is 0.367 e. The molecule has 35 heavy (non-hydrogen) atoms. The Labute approximate surface area is 207 Å². The molecule has 4 rings (SSSR count). The third-order valence-electron chi connectivity index (χ3n) is 6.37. The van der Waals surface area contributed by atoms with Crippen molar-refractivity contribution in [2.75, 3.05) is 43.4 Å². The van der Waals surface area contributed by atoms with E-state index >= 15 is 0 Å². The molecule has 1 aliphatic heterocycles. The minimum atomic E-state index is -0.105. The lowest BCUT2D eigenvalue weighted by molar-refractivity contribution is -0.117. The van der Waals surface area contributed by atoms with Gasteiger partial charge in [0, 0.05) is 63.1 Å². The zero-order valence-corrected chi connectivity index (χ0v) is 20.8. The van der Waals surface area contributed by atoms with Crippen LogP contribution in [0.2, 0.25) is 0 Å². The van der Waals surface area contributed by atoms with Crippen LogP contribution in [0.3, 0.4) is 0 Å². The topological polar surface area (TPSA) is 85.0 Å². The zero-order valence-electron chi connectivity index (χ0n) is 20.8. The number of hydrogen-bond acceptors (Lipinski definition) is 4. The normalized spacial score (nSPS) is 15.7. The highest BCUT2D eigenvalue weighted by molar-refractivity contribution is 6.02. The van der Waals surface area contributed by atoms with Crippen LogP contribution in [0.1, 0.15) is 42.6 Å². The van der Waals surface area contributed by atoms with Crippen LogP contribution in [-0.2, 0) is 11.3 Å².